The van der Waals surface area contributed by atoms with Gasteiger partial charge in [-0.2, -0.15) is 0 Å². The minimum Gasteiger partial charge on any atom is -0.352 e. The molecule has 2 aromatic carbocycles. The zero-order valence-corrected chi connectivity index (χ0v) is 13.8. The van der Waals surface area contributed by atoms with Crippen molar-refractivity contribution in [3.8, 4) is 0 Å². The number of amides is 1. The molecule has 0 saturated carbocycles. The second-order valence-electron chi connectivity index (χ2n) is 6.03. The fraction of sp³-hybridized carbons (Fsp3) is 0.200. The molecule has 4 heteroatoms. The highest BCUT2D eigenvalue weighted by molar-refractivity contribution is 5.90. The number of aromatic nitrogens is 1. The van der Waals surface area contributed by atoms with Crippen molar-refractivity contribution < 1.29 is 4.79 Å². The molecule has 0 aliphatic carbocycles. The average Bonchev–Trinajstić information content (AvgIpc) is 2.54. The predicted octanol–water partition coefficient (Wildman–Crippen LogP) is 3.00. The van der Waals surface area contributed by atoms with Crippen molar-refractivity contribution in [2.45, 2.75) is 26.8 Å². The van der Waals surface area contributed by atoms with Gasteiger partial charge in [0.15, 0.2) is 0 Å². The minimum atomic E-state index is -0.141. The molecular formula is C20H20N2O2. The third kappa shape index (κ3) is 3.38. The second kappa shape index (κ2) is 6.71. The lowest BCUT2D eigenvalue weighted by atomic mass is 10.0. The van der Waals surface area contributed by atoms with E-state index in [1.165, 1.54) is 0 Å². The highest BCUT2D eigenvalue weighted by Crippen LogP contribution is 2.18. The van der Waals surface area contributed by atoms with E-state index in [0.29, 0.717) is 12.0 Å². The Morgan fingerprint density at radius 1 is 1.08 bits per heavy atom. The molecule has 24 heavy (non-hydrogen) atoms. The number of carbonyl (C=O) groups is 1. The molecule has 3 aromatic rings. The zero-order chi connectivity index (χ0) is 17.1. The van der Waals surface area contributed by atoms with Gasteiger partial charge in [0.05, 0.1) is 6.42 Å². The van der Waals surface area contributed by atoms with E-state index in [0.717, 1.165) is 27.6 Å². The van der Waals surface area contributed by atoms with E-state index in [2.05, 4.69) is 10.3 Å². The number of fused-ring (bicyclic) bond motifs is 1. The van der Waals surface area contributed by atoms with Crippen molar-refractivity contribution in [3.63, 3.8) is 0 Å². The van der Waals surface area contributed by atoms with E-state index >= 15 is 0 Å². The Bertz CT molecular complexity index is 952. The van der Waals surface area contributed by atoms with Crippen LogP contribution in [-0.4, -0.2) is 10.9 Å². The molecule has 2 N–H and O–H groups in total. The summed E-state index contributed by atoms with van der Waals surface area (Å²) in [6.07, 6.45) is 0.296. The van der Waals surface area contributed by atoms with Crippen LogP contribution in [0.15, 0.2) is 53.3 Å². The van der Waals surface area contributed by atoms with Crippen LogP contribution in [0.2, 0.25) is 0 Å². The molecule has 0 aliphatic heterocycles. The van der Waals surface area contributed by atoms with E-state index in [4.69, 9.17) is 0 Å². The molecule has 122 valence electrons. The summed E-state index contributed by atoms with van der Waals surface area (Å²) in [5.41, 5.74) is 3.16. The van der Waals surface area contributed by atoms with Gasteiger partial charge in [0.2, 0.25) is 5.91 Å². The van der Waals surface area contributed by atoms with Gasteiger partial charge < -0.3 is 10.3 Å². The lowest BCUT2D eigenvalue weighted by Gasteiger charge is -2.09. The number of carbonyl (C=O) groups excluding carboxylic acids is 1. The van der Waals surface area contributed by atoms with E-state index in [9.17, 15) is 9.59 Å². The van der Waals surface area contributed by atoms with Gasteiger partial charge >= 0.3 is 0 Å². The quantitative estimate of drug-likeness (QED) is 0.776. The maximum Gasteiger partial charge on any atom is 0.253 e. The summed E-state index contributed by atoms with van der Waals surface area (Å²) in [5, 5.41) is 5.06. The van der Waals surface area contributed by atoms with Crippen molar-refractivity contribution in [2.24, 2.45) is 0 Å². The van der Waals surface area contributed by atoms with Gasteiger partial charge in [0.1, 0.15) is 0 Å². The zero-order valence-electron chi connectivity index (χ0n) is 13.8. The number of H-pyrrole nitrogens is 1. The highest BCUT2D eigenvalue weighted by Gasteiger charge is 2.09. The van der Waals surface area contributed by atoms with Crippen LogP contribution in [0, 0.1) is 13.8 Å². The number of hydrogen-bond acceptors (Lipinski definition) is 2. The predicted molar refractivity (Wildman–Crippen MR) is 96.0 cm³/mol. The van der Waals surface area contributed by atoms with E-state index in [1.807, 2.05) is 62.4 Å². The Labute approximate surface area is 140 Å². The highest BCUT2D eigenvalue weighted by atomic mass is 16.1. The Morgan fingerprint density at radius 2 is 1.83 bits per heavy atom. The normalized spacial score (nSPS) is 10.8. The number of benzene rings is 2. The van der Waals surface area contributed by atoms with Crippen molar-refractivity contribution in [3.05, 3.63) is 81.3 Å². The van der Waals surface area contributed by atoms with Crippen LogP contribution in [0.25, 0.3) is 10.8 Å². The number of nitrogens with one attached hydrogen (secondary N) is 2. The molecule has 0 atom stereocenters. The second-order valence-corrected chi connectivity index (χ2v) is 6.03. The maximum absolute atomic E-state index is 12.3. The minimum absolute atomic E-state index is 0.0919. The average molecular weight is 320 g/mol. The first-order chi connectivity index (χ1) is 11.5. The number of hydrogen-bond donors (Lipinski definition) is 2. The Morgan fingerprint density at radius 3 is 2.62 bits per heavy atom. The number of aromatic amines is 1. The van der Waals surface area contributed by atoms with Crippen LogP contribution in [-0.2, 0) is 17.8 Å². The third-order valence-corrected chi connectivity index (χ3v) is 4.19. The van der Waals surface area contributed by atoms with E-state index in [-0.39, 0.29) is 18.0 Å². The summed E-state index contributed by atoms with van der Waals surface area (Å²) in [5.74, 6) is -0.0919. The van der Waals surface area contributed by atoms with Crippen molar-refractivity contribution >= 4 is 16.7 Å². The summed E-state index contributed by atoms with van der Waals surface area (Å²) in [4.78, 5) is 27.1. The summed E-state index contributed by atoms with van der Waals surface area (Å²) >= 11 is 0. The van der Waals surface area contributed by atoms with Crippen LogP contribution in [0.3, 0.4) is 0 Å². The fourth-order valence-corrected chi connectivity index (χ4v) is 2.97. The molecule has 0 fully saturated rings. The molecule has 0 radical (unpaired) electrons. The molecule has 1 amide bonds. The van der Waals surface area contributed by atoms with E-state index < -0.39 is 0 Å². The number of rotatable bonds is 4. The van der Waals surface area contributed by atoms with Gasteiger partial charge in [-0.3, -0.25) is 9.59 Å². The summed E-state index contributed by atoms with van der Waals surface area (Å²) in [6, 6.07) is 15.9. The molecule has 0 saturated heterocycles. The Hall–Kier alpha value is -2.88. The molecule has 1 heterocycles. The van der Waals surface area contributed by atoms with Gasteiger partial charge in [0, 0.05) is 17.8 Å². The van der Waals surface area contributed by atoms with Crippen LogP contribution < -0.4 is 10.9 Å². The molecule has 1 aromatic heterocycles. The van der Waals surface area contributed by atoms with Gasteiger partial charge in [-0.25, -0.2) is 0 Å². The summed E-state index contributed by atoms with van der Waals surface area (Å²) in [7, 11) is 0. The van der Waals surface area contributed by atoms with Crippen LogP contribution in [0.4, 0.5) is 0 Å². The van der Waals surface area contributed by atoms with Crippen LogP contribution in [0.1, 0.15) is 22.4 Å². The largest absolute Gasteiger partial charge is 0.352 e. The SMILES string of the molecule is Cc1cc(C)c(CNC(=O)Cc2cccc3ccccc23)c(=O)[nH]1. The molecule has 0 unspecified atom stereocenters. The Kier molecular flexibility index (Phi) is 4.47. The van der Waals surface area contributed by atoms with Crippen molar-refractivity contribution in [1.29, 1.82) is 0 Å². The molecule has 0 bridgehead atoms. The van der Waals surface area contributed by atoms with Gasteiger partial charge in [-0.15, -0.1) is 0 Å². The first kappa shape index (κ1) is 16.0. The standard InChI is InChI=1S/C20H20N2O2/c1-13-10-14(2)22-20(24)18(13)12-21-19(23)11-16-8-5-7-15-6-3-4-9-17(15)16/h3-10H,11-12H2,1-2H3,(H,21,23)(H,22,24). The monoisotopic (exact) mass is 320 g/mol. The van der Waals surface area contributed by atoms with Gasteiger partial charge in [-0.1, -0.05) is 42.5 Å². The molecule has 3 rings (SSSR count). The third-order valence-electron chi connectivity index (χ3n) is 4.19. The lowest BCUT2D eigenvalue weighted by Crippen LogP contribution is -2.29. The van der Waals surface area contributed by atoms with Crippen LogP contribution >= 0.6 is 0 Å². The van der Waals surface area contributed by atoms with Gasteiger partial charge in [0.25, 0.3) is 5.56 Å². The Balaban J connectivity index is 1.73. The molecule has 4 nitrogen and oxygen atoms in total. The molecular weight excluding hydrogens is 300 g/mol. The van der Waals surface area contributed by atoms with Gasteiger partial charge in [-0.05, 0) is 41.8 Å². The van der Waals surface area contributed by atoms with Crippen LogP contribution in [0.5, 0.6) is 0 Å². The first-order valence-corrected chi connectivity index (χ1v) is 7.97. The fourth-order valence-electron chi connectivity index (χ4n) is 2.97. The summed E-state index contributed by atoms with van der Waals surface area (Å²) in [6.45, 7) is 3.97. The maximum atomic E-state index is 12.3. The number of pyridine rings is 1. The van der Waals surface area contributed by atoms with E-state index in [1.54, 1.807) is 0 Å². The first-order valence-electron chi connectivity index (χ1n) is 7.97. The number of aryl methyl sites for hydroxylation is 2. The lowest BCUT2D eigenvalue weighted by molar-refractivity contribution is -0.120. The molecule has 0 spiro atoms. The van der Waals surface area contributed by atoms with Crippen molar-refractivity contribution in [2.75, 3.05) is 0 Å². The smallest absolute Gasteiger partial charge is 0.253 e. The van der Waals surface area contributed by atoms with Crippen molar-refractivity contribution in [1.82, 2.24) is 10.3 Å². The summed E-state index contributed by atoms with van der Waals surface area (Å²) < 4.78 is 0. The molecule has 0 aliphatic rings. The topological polar surface area (TPSA) is 62.0 Å².